The zero-order chi connectivity index (χ0) is 11.4. The number of carbonyl (C=O) groups excluding carboxylic acids is 1. The second-order valence-corrected chi connectivity index (χ2v) is 3.80. The average molecular weight is 215 g/mol. The Balaban J connectivity index is 3.11. The summed E-state index contributed by atoms with van der Waals surface area (Å²) in [6.07, 6.45) is 6.89. The summed E-state index contributed by atoms with van der Waals surface area (Å²) in [5.74, 6) is 0.166. The molecule has 0 fully saturated rings. The van der Waals surface area contributed by atoms with Crippen LogP contribution in [0.4, 0.5) is 0 Å². The van der Waals surface area contributed by atoms with Crippen LogP contribution in [0.5, 0.6) is 0 Å². The summed E-state index contributed by atoms with van der Waals surface area (Å²) in [4.78, 5) is 11.3. The van der Waals surface area contributed by atoms with Crippen LogP contribution in [0.1, 0.15) is 44.9 Å². The van der Waals surface area contributed by atoms with E-state index in [0.717, 1.165) is 51.6 Å². The summed E-state index contributed by atoms with van der Waals surface area (Å²) in [6.45, 7) is 2.22. The molecule has 4 nitrogen and oxygen atoms in total. The van der Waals surface area contributed by atoms with E-state index in [1.54, 1.807) is 0 Å². The van der Waals surface area contributed by atoms with Crippen LogP contribution in [-0.2, 0) is 4.79 Å². The van der Waals surface area contributed by atoms with Gasteiger partial charge in [0.2, 0.25) is 5.91 Å². The highest BCUT2D eigenvalue weighted by Crippen LogP contribution is 2.01. The normalized spacial score (nSPS) is 10.3. The highest BCUT2D eigenvalue weighted by atomic mass is 16.1. The van der Waals surface area contributed by atoms with E-state index < -0.39 is 0 Å². The average Bonchev–Trinajstić information content (AvgIpc) is 2.24. The highest BCUT2D eigenvalue weighted by molar-refractivity contribution is 5.75. The molecule has 0 aliphatic heterocycles. The minimum absolute atomic E-state index is 0.166. The molecule has 4 heteroatoms. The molecule has 0 aromatic rings. The Kier molecular flexibility index (Phi) is 11.0. The maximum Gasteiger partial charge on any atom is 0.219 e. The predicted octanol–water partition coefficient (Wildman–Crippen LogP) is 0.751. The third kappa shape index (κ3) is 11.3. The van der Waals surface area contributed by atoms with Gasteiger partial charge >= 0.3 is 0 Å². The summed E-state index contributed by atoms with van der Waals surface area (Å²) >= 11 is 0. The number of nitrogens with one attached hydrogen (secondary N) is 1. The molecule has 5 N–H and O–H groups in total. The molecule has 0 bridgehead atoms. The molecule has 0 saturated carbocycles. The molecule has 0 saturated heterocycles. The molecule has 90 valence electrons. The van der Waals surface area contributed by atoms with Gasteiger partial charge in [-0.15, -0.1) is 0 Å². The molecule has 0 spiro atoms. The molecule has 0 rings (SSSR count). The van der Waals surface area contributed by atoms with Gasteiger partial charge in [-0.05, 0) is 38.8 Å². The van der Waals surface area contributed by atoms with E-state index >= 15 is 0 Å². The summed E-state index contributed by atoms with van der Waals surface area (Å²) in [6, 6.07) is 0. The molecule has 0 aromatic heterocycles. The van der Waals surface area contributed by atoms with Crippen LogP contribution in [0.3, 0.4) is 0 Å². The van der Waals surface area contributed by atoms with Crippen molar-refractivity contribution in [3.63, 3.8) is 0 Å². The Hall–Kier alpha value is -0.610. The minimum Gasteiger partial charge on any atom is -0.356 e. The van der Waals surface area contributed by atoms with Crippen LogP contribution >= 0.6 is 0 Å². The predicted molar refractivity (Wildman–Crippen MR) is 63.4 cm³/mol. The lowest BCUT2D eigenvalue weighted by atomic mass is 10.1. The van der Waals surface area contributed by atoms with Gasteiger partial charge in [0.25, 0.3) is 0 Å². The van der Waals surface area contributed by atoms with Gasteiger partial charge in [0.1, 0.15) is 0 Å². The van der Waals surface area contributed by atoms with E-state index in [1.165, 1.54) is 0 Å². The third-order valence-electron chi connectivity index (χ3n) is 2.31. The molecule has 0 atom stereocenters. The van der Waals surface area contributed by atoms with Gasteiger partial charge in [-0.25, -0.2) is 0 Å². The van der Waals surface area contributed by atoms with Crippen LogP contribution in [0.15, 0.2) is 0 Å². The van der Waals surface area contributed by atoms with Gasteiger partial charge in [0.15, 0.2) is 0 Å². The minimum atomic E-state index is 0.166. The smallest absolute Gasteiger partial charge is 0.219 e. The van der Waals surface area contributed by atoms with Crippen LogP contribution in [0, 0.1) is 0 Å². The molecule has 1 amide bonds. The van der Waals surface area contributed by atoms with Crippen molar-refractivity contribution < 1.29 is 4.79 Å². The molecule has 15 heavy (non-hydrogen) atoms. The van der Waals surface area contributed by atoms with Crippen molar-refractivity contribution in [3.05, 3.63) is 0 Å². The highest BCUT2D eigenvalue weighted by Gasteiger charge is 1.99. The lowest BCUT2D eigenvalue weighted by Gasteiger charge is -2.04. The molecule has 0 heterocycles. The summed E-state index contributed by atoms with van der Waals surface area (Å²) < 4.78 is 0. The number of unbranched alkanes of at least 4 members (excludes halogenated alkanes) is 4. The number of carbonyl (C=O) groups is 1. The lowest BCUT2D eigenvalue weighted by Crippen LogP contribution is -2.24. The van der Waals surface area contributed by atoms with Crippen LogP contribution < -0.4 is 16.8 Å². The number of amides is 1. The molecular formula is C11H25N3O. The molecule has 0 radical (unpaired) electrons. The Labute approximate surface area is 92.8 Å². The molecule has 0 unspecified atom stereocenters. The van der Waals surface area contributed by atoms with Crippen molar-refractivity contribution in [1.29, 1.82) is 0 Å². The van der Waals surface area contributed by atoms with Crippen molar-refractivity contribution in [2.75, 3.05) is 19.6 Å². The fraction of sp³-hybridized carbons (Fsp3) is 0.909. The Morgan fingerprint density at radius 1 is 0.867 bits per heavy atom. The van der Waals surface area contributed by atoms with Crippen LogP contribution in [0.2, 0.25) is 0 Å². The van der Waals surface area contributed by atoms with E-state index in [0.29, 0.717) is 13.0 Å². The van der Waals surface area contributed by atoms with Gasteiger partial charge in [-0.3, -0.25) is 4.79 Å². The summed E-state index contributed by atoms with van der Waals surface area (Å²) in [5, 5.41) is 2.89. The second kappa shape index (κ2) is 11.5. The maximum absolute atomic E-state index is 11.3. The first-order valence-corrected chi connectivity index (χ1v) is 5.98. The van der Waals surface area contributed by atoms with Crippen LogP contribution in [0.25, 0.3) is 0 Å². The number of hydrogen-bond donors (Lipinski definition) is 3. The number of nitrogens with two attached hydrogens (primary N) is 2. The lowest BCUT2D eigenvalue weighted by molar-refractivity contribution is -0.121. The Bertz CT molecular complexity index is 151. The largest absolute Gasteiger partial charge is 0.356 e. The summed E-state index contributed by atoms with van der Waals surface area (Å²) in [7, 11) is 0. The fourth-order valence-corrected chi connectivity index (χ4v) is 1.37. The molecule has 0 aliphatic carbocycles. The Morgan fingerprint density at radius 3 is 2.13 bits per heavy atom. The van der Waals surface area contributed by atoms with E-state index in [2.05, 4.69) is 5.32 Å². The first kappa shape index (κ1) is 14.4. The van der Waals surface area contributed by atoms with Gasteiger partial charge < -0.3 is 16.8 Å². The first-order chi connectivity index (χ1) is 7.31. The van der Waals surface area contributed by atoms with Gasteiger partial charge in [0.05, 0.1) is 0 Å². The molecule has 0 aromatic carbocycles. The monoisotopic (exact) mass is 215 g/mol. The van der Waals surface area contributed by atoms with Gasteiger partial charge in [-0.2, -0.15) is 0 Å². The molecular weight excluding hydrogens is 190 g/mol. The zero-order valence-electron chi connectivity index (χ0n) is 9.63. The molecule has 0 aliphatic rings. The van der Waals surface area contributed by atoms with Gasteiger partial charge in [-0.1, -0.05) is 12.8 Å². The van der Waals surface area contributed by atoms with E-state index in [1.807, 2.05) is 0 Å². The topological polar surface area (TPSA) is 81.1 Å². The first-order valence-electron chi connectivity index (χ1n) is 5.98. The summed E-state index contributed by atoms with van der Waals surface area (Å²) in [5.41, 5.74) is 10.7. The fourth-order valence-electron chi connectivity index (χ4n) is 1.37. The van der Waals surface area contributed by atoms with Gasteiger partial charge in [0, 0.05) is 13.0 Å². The van der Waals surface area contributed by atoms with Crippen molar-refractivity contribution in [2.24, 2.45) is 11.5 Å². The van der Waals surface area contributed by atoms with E-state index in [-0.39, 0.29) is 5.91 Å². The van der Waals surface area contributed by atoms with E-state index in [9.17, 15) is 4.79 Å². The number of hydrogen-bond acceptors (Lipinski definition) is 3. The quantitative estimate of drug-likeness (QED) is 0.470. The van der Waals surface area contributed by atoms with Crippen LogP contribution in [-0.4, -0.2) is 25.5 Å². The zero-order valence-corrected chi connectivity index (χ0v) is 9.63. The third-order valence-corrected chi connectivity index (χ3v) is 2.31. The second-order valence-electron chi connectivity index (χ2n) is 3.80. The SMILES string of the molecule is NCCCCCCC(=O)NCCCCN. The van der Waals surface area contributed by atoms with E-state index in [4.69, 9.17) is 11.5 Å². The van der Waals surface area contributed by atoms with Crippen molar-refractivity contribution in [3.8, 4) is 0 Å². The Morgan fingerprint density at radius 2 is 1.47 bits per heavy atom. The van der Waals surface area contributed by atoms with Crippen molar-refractivity contribution >= 4 is 5.91 Å². The van der Waals surface area contributed by atoms with Crippen molar-refractivity contribution in [1.82, 2.24) is 5.32 Å². The number of rotatable bonds is 10. The maximum atomic E-state index is 11.3. The van der Waals surface area contributed by atoms with Crippen molar-refractivity contribution in [2.45, 2.75) is 44.9 Å². The standard InChI is InChI=1S/C11H25N3O/c12-8-4-2-1-3-7-11(15)14-10-6-5-9-13/h1-10,12-13H2,(H,14,15).